The number of halogens is 2. The standard InChI is InChI=1S/C25H20F2N4O3/c1-12-4-6-19(27)17(8-12)25(33,21-7-5-16(26)11-28-21)18-9-15(22-13(2)31-34-14(22)3)10-20-23(18)30-24(32)29-20/h4-11,33H,1-3H3,(H2,29,30,32). The number of nitrogens with one attached hydrogen (secondary N) is 2. The molecule has 5 aromatic rings. The lowest BCUT2D eigenvalue weighted by molar-refractivity contribution is 0.117. The normalized spacial score (nSPS) is 13.4. The molecule has 0 amide bonds. The van der Waals surface area contributed by atoms with E-state index in [1.807, 2.05) is 0 Å². The van der Waals surface area contributed by atoms with Gasteiger partial charge in [-0.15, -0.1) is 0 Å². The maximum atomic E-state index is 15.3. The first-order valence-corrected chi connectivity index (χ1v) is 10.5. The van der Waals surface area contributed by atoms with Crippen molar-refractivity contribution in [2.24, 2.45) is 0 Å². The van der Waals surface area contributed by atoms with Crippen molar-refractivity contribution in [1.29, 1.82) is 0 Å². The number of pyridine rings is 1. The molecule has 3 aromatic heterocycles. The van der Waals surface area contributed by atoms with E-state index in [0.717, 1.165) is 12.3 Å². The number of hydrogen-bond donors (Lipinski definition) is 3. The molecule has 3 N–H and O–H groups in total. The van der Waals surface area contributed by atoms with Crippen LogP contribution in [0.2, 0.25) is 0 Å². The van der Waals surface area contributed by atoms with Gasteiger partial charge in [-0.05, 0) is 62.7 Å². The summed E-state index contributed by atoms with van der Waals surface area (Å²) in [5, 5.41) is 16.3. The number of benzene rings is 2. The Kier molecular flexibility index (Phi) is 4.94. The fourth-order valence-corrected chi connectivity index (χ4v) is 4.39. The average Bonchev–Trinajstić information content (AvgIpc) is 3.34. The fraction of sp³-hybridized carbons (Fsp3) is 0.160. The first-order valence-electron chi connectivity index (χ1n) is 10.5. The molecule has 0 bridgehead atoms. The number of aromatic nitrogens is 4. The molecule has 1 atom stereocenters. The van der Waals surface area contributed by atoms with Gasteiger partial charge in [0.25, 0.3) is 0 Å². The van der Waals surface area contributed by atoms with Crippen molar-refractivity contribution in [3.05, 3.63) is 105 Å². The number of H-pyrrole nitrogens is 2. The topological polar surface area (TPSA) is 108 Å². The Morgan fingerprint density at radius 3 is 2.47 bits per heavy atom. The van der Waals surface area contributed by atoms with Crippen molar-refractivity contribution >= 4 is 11.0 Å². The SMILES string of the molecule is Cc1ccc(F)c(C(O)(c2ccc(F)cn2)c2cc(-c3c(C)noc3C)cc3[nH]c(=O)[nH]c23)c1. The van der Waals surface area contributed by atoms with Crippen molar-refractivity contribution in [2.45, 2.75) is 26.4 Å². The van der Waals surface area contributed by atoms with Crippen LogP contribution in [0, 0.1) is 32.4 Å². The summed E-state index contributed by atoms with van der Waals surface area (Å²) in [5.74, 6) is -0.764. The highest BCUT2D eigenvalue weighted by atomic mass is 19.1. The minimum atomic E-state index is -2.18. The van der Waals surface area contributed by atoms with Crippen LogP contribution in [0.15, 0.2) is 58.0 Å². The van der Waals surface area contributed by atoms with Crippen LogP contribution in [0.1, 0.15) is 33.8 Å². The van der Waals surface area contributed by atoms with Gasteiger partial charge in [0, 0.05) is 16.7 Å². The van der Waals surface area contributed by atoms with E-state index >= 15 is 4.39 Å². The Morgan fingerprint density at radius 2 is 1.79 bits per heavy atom. The highest BCUT2D eigenvalue weighted by Gasteiger charge is 2.40. The number of aromatic amines is 2. The van der Waals surface area contributed by atoms with E-state index in [2.05, 4.69) is 20.1 Å². The Morgan fingerprint density at radius 1 is 1.00 bits per heavy atom. The molecule has 0 saturated carbocycles. The average molecular weight is 462 g/mol. The molecule has 9 heteroatoms. The van der Waals surface area contributed by atoms with E-state index in [0.29, 0.717) is 33.7 Å². The van der Waals surface area contributed by atoms with E-state index in [1.165, 1.54) is 18.2 Å². The van der Waals surface area contributed by atoms with E-state index in [1.54, 1.807) is 39.0 Å². The number of imidazole rings is 1. The van der Waals surface area contributed by atoms with E-state index < -0.39 is 22.9 Å². The second-order valence-corrected chi connectivity index (χ2v) is 8.28. The van der Waals surface area contributed by atoms with E-state index in [4.69, 9.17) is 4.52 Å². The van der Waals surface area contributed by atoms with Gasteiger partial charge in [0.1, 0.15) is 17.4 Å². The van der Waals surface area contributed by atoms with Crippen LogP contribution in [0.25, 0.3) is 22.2 Å². The van der Waals surface area contributed by atoms with Gasteiger partial charge in [0.05, 0.1) is 28.6 Å². The Balaban J connectivity index is 1.93. The summed E-state index contributed by atoms with van der Waals surface area (Å²) < 4.78 is 34.3. The quantitative estimate of drug-likeness (QED) is 0.367. The van der Waals surface area contributed by atoms with Gasteiger partial charge in [-0.25, -0.2) is 13.6 Å². The molecular formula is C25H20F2N4O3. The molecule has 0 spiro atoms. The van der Waals surface area contributed by atoms with Crippen LogP contribution in [0.3, 0.4) is 0 Å². The molecule has 0 aliphatic rings. The third-order valence-corrected chi connectivity index (χ3v) is 5.95. The van der Waals surface area contributed by atoms with Crippen molar-refractivity contribution in [1.82, 2.24) is 20.1 Å². The highest BCUT2D eigenvalue weighted by Crippen LogP contribution is 2.42. The molecular weight excluding hydrogens is 442 g/mol. The number of nitrogens with zero attached hydrogens (tertiary/aromatic N) is 2. The minimum Gasteiger partial charge on any atom is -0.374 e. The lowest BCUT2D eigenvalue weighted by Crippen LogP contribution is -2.32. The molecule has 2 aromatic carbocycles. The monoisotopic (exact) mass is 462 g/mol. The lowest BCUT2D eigenvalue weighted by Gasteiger charge is -2.30. The summed E-state index contributed by atoms with van der Waals surface area (Å²) in [5.41, 5.74) is 0.552. The summed E-state index contributed by atoms with van der Waals surface area (Å²) in [7, 11) is 0. The third kappa shape index (κ3) is 3.32. The number of rotatable bonds is 4. The van der Waals surface area contributed by atoms with Crippen LogP contribution >= 0.6 is 0 Å². The predicted octanol–water partition coefficient (Wildman–Crippen LogP) is 4.39. The first-order chi connectivity index (χ1) is 16.2. The second-order valence-electron chi connectivity index (χ2n) is 8.28. The Labute approximate surface area is 192 Å². The highest BCUT2D eigenvalue weighted by molar-refractivity contribution is 5.87. The molecule has 0 saturated heterocycles. The van der Waals surface area contributed by atoms with Crippen LogP contribution in [0.4, 0.5) is 8.78 Å². The third-order valence-electron chi connectivity index (χ3n) is 5.95. The molecule has 0 aliphatic carbocycles. The van der Waals surface area contributed by atoms with Crippen LogP contribution in [-0.4, -0.2) is 25.2 Å². The Bertz CT molecular complexity index is 1580. The zero-order valence-corrected chi connectivity index (χ0v) is 18.5. The molecule has 7 nitrogen and oxygen atoms in total. The smallest absolute Gasteiger partial charge is 0.323 e. The molecule has 0 fully saturated rings. The number of hydrogen-bond acceptors (Lipinski definition) is 5. The summed E-state index contributed by atoms with van der Waals surface area (Å²) >= 11 is 0. The van der Waals surface area contributed by atoms with Crippen molar-refractivity contribution in [3.63, 3.8) is 0 Å². The lowest BCUT2D eigenvalue weighted by atomic mass is 9.80. The molecule has 0 radical (unpaired) electrons. The maximum Gasteiger partial charge on any atom is 0.323 e. The fourth-order valence-electron chi connectivity index (χ4n) is 4.39. The minimum absolute atomic E-state index is 0.0161. The molecule has 172 valence electrons. The van der Waals surface area contributed by atoms with Gasteiger partial charge in [0.2, 0.25) is 0 Å². The van der Waals surface area contributed by atoms with Crippen LogP contribution in [-0.2, 0) is 5.60 Å². The first kappa shape index (κ1) is 21.7. The van der Waals surface area contributed by atoms with Gasteiger partial charge in [-0.2, -0.15) is 0 Å². The van der Waals surface area contributed by atoms with Gasteiger partial charge < -0.3 is 19.6 Å². The van der Waals surface area contributed by atoms with Gasteiger partial charge in [-0.3, -0.25) is 4.98 Å². The largest absolute Gasteiger partial charge is 0.374 e. The Hall–Kier alpha value is -4.11. The van der Waals surface area contributed by atoms with Crippen LogP contribution in [0.5, 0.6) is 0 Å². The van der Waals surface area contributed by atoms with Gasteiger partial charge >= 0.3 is 5.69 Å². The molecule has 0 aliphatic heterocycles. The summed E-state index contributed by atoms with van der Waals surface area (Å²) in [6.07, 6.45) is 0.948. The summed E-state index contributed by atoms with van der Waals surface area (Å²) in [6.45, 7) is 5.27. The number of fused-ring (bicyclic) bond motifs is 1. The predicted molar refractivity (Wildman–Crippen MR) is 121 cm³/mol. The molecule has 1 unspecified atom stereocenters. The van der Waals surface area contributed by atoms with Crippen molar-refractivity contribution in [3.8, 4) is 11.1 Å². The summed E-state index contributed by atoms with van der Waals surface area (Å²) in [6, 6.07) is 10.1. The van der Waals surface area contributed by atoms with Crippen LogP contribution < -0.4 is 5.69 Å². The summed E-state index contributed by atoms with van der Waals surface area (Å²) in [4.78, 5) is 21.8. The van der Waals surface area contributed by atoms with Gasteiger partial charge in [-0.1, -0.05) is 16.8 Å². The number of aliphatic hydroxyl groups is 1. The van der Waals surface area contributed by atoms with E-state index in [-0.39, 0.29) is 22.3 Å². The van der Waals surface area contributed by atoms with Crippen molar-refractivity contribution in [2.75, 3.05) is 0 Å². The zero-order valence-electron chi connectivity index (χ0n) is 18.5. The van der Waals surface area contributed by atoms with Gasteiger partial charge in [0.15, 0.2) is 5.60 Å². The number of aryl methyl sites for hydroxylation is 3. The van der Waals surface area contributed by atoms with Crippen molar-refractivity contribution < 1.29 is 18.4 Å². The van der Waals surface area contributed by atoms with E-state index in [9.17, 15) is 14.3 Å². The molecule has 34 heavy (non-hydrogen) atoms. The molecule has 3 heterocycles. The second kappa shape index (κ2) is 7.74. The maximum absolute atomic E-state index is 15.3. The zero-order chi connectivity index (χ0) is 24.2. The molecule has 5 rings (SSSR count).